The molecule has 1 aliphatic rings. The van der Waals surface area contributed by atoms with Gasteiger partial charge in [0.15, 0.2) is 12.1 Å². The lowest BCUT2D eigenvalue weighted by atomic mass is 10.2. The van der Waals surface area contributed by atoms with Crippen molar-refractivity contribution < 1.29 is 14.3 Å². The highest BCUT2D eigenvalue weighted by Crippen LogP contribution is 2.24. The van der Waals surface area contributed by atoms with Crippen LogP contribution in [-0.4, -0.2) is 39.4 Å². The van der Waals surface area contributed by atoms with E-state index in [1.54, 1.807) is 17.1 Å². The summed E-state index contributed by atoms with van der Waals surface area (Å²) in [5, 5.41) is 4.64. The van der Waals surface area contributed by atoms with Gasteiger partial charge in [0.25, 0.3) is 0 Å². The first-order chi connectivity index (χ1) is 10.7. The molecule has 3 heterocycles. The Kier molecular flexibility index (Phi) is 4.35. The minimum absolute atomic E-state index is 0.0835. The third-order valence-electron chi connectivity index (χ3n) is 3.45. The standard InChI is InChI=1S/C14H15ClN4O3/c1-21-14(20)9-7-16-11(6-10(9)15)13-17-8-19(18-13)12-4-2-3-5-22-12/h6-8,12H,2-5H2,1H3. The summed E-state index contributed by atoms with van der Waals surface area (Å²) in [7, 11) is 1.29. The van der Waals surface area contributed by atoms with E-state index in [-0.39, 0.29) is 16.8 Å². The van der Waals surface area contributed by atoms with Crippen molar-refractivity contribution >= 4 is 17.6 Å². The predicted octanol–water partition coefficient (Wildman–Crippen LogP) is 2.48. The number of carbonyl (C=O) groups excluding carboxylic acids is 1. The summed E-state index contributed by atoms with van der Waals surface area (Å²) in [4.78, 5) is 19.9. The van der Waals surface area contributed by atoms with Crippen molar-refractivity contribution in [2.45, 2.75) is 25.5 Å². The first-order valence-corrected chi connectivity index (χ1v) is 7.34. The minimum atomic E-state index is -0.529. The fraction of sp³-hybridized carbons (Fsp3) is 0.429. The summed E-state index contributed by atoms with van der Waals surface area (Å²) in [5.41, 5.74) is 0.704. The zero-order valence-corrected chi connectivity index (χ0v) is 12.8. The summed E-state index contributed by atoms with van der Waals surface area (Å²) in [6.07, 6.45) is 6.00. The molecule has 7 nitrogen and oxygen atoms in total. The normalized spacial score (nSPS) is 18.2. The number of halogens is 1. The van der Waals surface area contributed by atoms with Gasteiger partial charge in [-0.25, -0.2) is 14.5 Å². The van der Waals surface area contributed by atoms with Gasteiger partial charge >= 0.3 is 5.97 Å². The number of nitrogens with zero attached hydrogens (tertiary/aromatic N) is 4. The van der Waals surface area contributed by atoms with E-state index >= 15 is 0 Å². The van der Waals surface area contributed by atoms with Gasteiger partial charge in [0.1, 0.15) is 12.0 Å². The third kappa shape index (κ3) is 2.95. The zero-order chi connectivity index (χ0) is 15.5. The second-order valence-corrected chi connectivity index (χ2v) is 5.32. The van der Waals surface area contributed by atoms with Crippen LogP contribution in [0.3, 0.4) is 0 Å². The van der Waals surface area contributed by atoms with E-state index in [1.165, 1.54) is 13.3 Å². The molecule has 0 amide bonds. The first kappa shape index (κ1) is 14.9. The molecular formula is C14H15ClN4O3. The molecule has 1 aliphatic heterocycles. The molecule has 0 saturated carbocycles. The number of pyridine rings is 1. The Morgan fingerprint density at radius 2 is 2.32 bits per heavy atom. The van der Waals surface area contributed by atoms with Crippen molar-refractivity contribution in [3.05, 3.63) is 29.2 Å². The van der Waals surface area contributed by atoms with Crippen LogP contribution < -0.4 is 0 Å². The Balaban J connectivity index is 1.84. The average molecular weight is 323 g/mol. The van der Waals surface area contributed by atoms with Gasteiger partial charge in [0.05, 0.1) is 17.7 Å². The summed E-state index contributed by atoms with van der Waals surface area (Å²) in [5.74, 6) is -0.0920. The summed E-state index contributed by atoms with van der Waals surface area (Å²) in [6, 6.07) is 1.55. The Morgan fingerprint density at radius 3 is 3.00 bits per heavy atom. The van der Waals surface area contributed by atoms with E-state index < -0.39 is 5.97 Å². The van der Waals surface area contributed by atoms with Crippen molar-refractivity contribution in [2.75, 3.05) is 13.7 Å². The maximum atomic E-state index is 11.5. The Hall–Kier alpha value is -1.99. The lowest BCUT2D eigenvalue weighted by molar-refractivity contribution is -0.0395. The molecular weight excluding hydrogens is 308 g/mol. The number of aromatic nitrogens is 4. The van der Waals surface area contributed by atoms with Gasteiger partial charge in [-0.1, -0.05) is 11.6 Å². The lowest BCUT2D eigenvalue weighted by Crippen LogP contribution is -2.18. The second kappa shape index (κ2) is 6.41. The smallest absolute Gasteiger partial charge is 0.340 e. The van der Waals surface area contributed by atoms with Crippen LogP contribution in [0.15, 0.2) is 18.6 Å². The van der Waals surface area contributed by atoms with Crippen molar-refractivity contribution in [1.29, 1.82) is 0 Å². The van der Waals surface area contributed by atoms with Gasteiger partial charge in [-0.3, -0.25) is 4.98 Å². The van der Waals surface area contributed by atoms with Crippen molar-refractivity contribution in [3.63, 3.8) is 0 Å². The van der Waals surface area contributed by atoms with E-state index in [9.17, 15) is 4.79 Å². The average Bonchev–Trinajstić information content (AvgIpc) is 3.05. The van der Waals surface area contributed by atoms with Gasteiger partial charge in [-0.2, -0.15) is 0 Å². The first-order valence-electron chi connectivity index (χ1n) is 6.96. The van der Waals surface area contributed by atoms with E-state index in [0.717, 1.165) is 25.9 Å². The molecule has 0 bridgehead atoms. The number of carbonyl (C=O) groups is 1. The fourth-order valence-corrected chi connectivity index (χ4v) is 2.51. The van der Waals surface area contributed by atoms with E-state index in [2.05, 4.69) is 19.8 Å². The van der Waals surface area contributed by atoms with Gasteiger partial charge in [-0.05, 0) is 25.3 Å². The molecule has 0 aliphatic carbocycles. The third-order valence-corrected chi connectivity index (χ3v) is 3.76. The minimum Gasteiger partial charge on any atom is -0.465 e. The quantitative estimate of drug-likeness (QED) is 0.808. The SMILES string of the molecule is COC(=O)c1cnc(-c2ncn(C3CCCCO3)n2)cc1Cl. The number of methoxy groups -OCH3 is 1. The van der Waals surface area contributed by atoms with Gasteiger partial charge in [-0.15, -0.1) is 5.10 Å². The van der Waals surface area contributed by atoms with Crippen LogP contribution in [-0.2, 0) is 9.47 Å². The zero-order valence-electron chi connectivity index (χ0n) is 12.0. The Bertz CT molecular complexity index is 682. The van der Waals surface area contributed by atoms with Crippen LogP contribution in [0.5, 0.6) is 0 Å². The largest absolute Gasteiger partial charge is 0.465 e. The van der Waals surface area contributed by atoms with E-state index in [4.69, 9.17) is 16.3 Å². The maximum Gasteiger partial charge on any atom is 0.340 e. The van der Waals surface area contributed by atoms with Crippen molar-refractivity contribution in [2.24, 2.45) is 0 Å². The Labute approximate surface area is 132 Å². The molecule has 1 fully saturated rings. The molecule has 0 N–H and O–H groups in total. The van der Waals surface area contributed by atoms with Crippen LogP contribution in [0.4, 0.5) is 0 Å². The number of ether oxygens (including phenoxy) is 2. The van der Waals surface area contributed by atoms with Crippen LogP contribution in [0, 0.1) is 0 Å². The van der Waals surface area contributed by atoms with Crippen molar-refractivity contribution in [1.82, 2.24) is 19.7 Å². The van der Waals surface area contributed by atoms with Gasteiger partial charge in [0, 0.05) is 12.8 Å². The monoisotopic (exact) mass is 322 g/mol. The van der Waals surface area contributed by atoms with Crippen LogP contribution in [0.25, 0.3) is 11.5 Å². The maximum absolute atomic E-state index is 11.5. The molecule has 0 radical (unpaired) electrons. The number of rotatable bonds is 3. The molecule has 2 aromatic rings. The summed E-state index contributed by atoms with van der Waals surface area (Å²) < 4.78 is 12.0. The molecule has 0 spiro atoms. The second-order valence-electron chi connectivity index (χ2n) is 4.91. The number of hydrogen-bond donors (Lipinski definition) is 0. The molecule has 2 aromatic heterocycles. The highest BCUT2D eigenvalue weighted by molar-refractivity contribution is 6.33. The number of esters is 1. The summed E-state index contributed by atoms with van der Waals surface area (Å²) >= 11 is 6.08. The van der Waals surface area contributed by atoms with Crippen LogP contribution in [0.2, 0.25) is 5.02 Å². The Morgan fingerprint density at radius 1 is 1.45 bits per heavy atom. The predicted molar refractivity (Wildman–Crippen MR) is 78.4 cm³/mol. The van der Waals surface area contributed by atoms with Crippen LogP contribution in [0.1, 0.15) is 35.8 Å². The fourth-order valence-electron chi connectivity index (χ4n) is 2.28. The lowest BCUT2D eigenvalue weighted by Gasteiger charge is -2.21. The topological polar surface area (TPSA) is 79.1 Å². The molecule has 0 aromatic carbocycles. The van der Waals surface area contributed by atoms with Crippen molar-refractivity contribution in [3.8, 4) is 11.5 Å². The van der Waals surface area contributed by atoms with Gasteiger partial charge in [0.2, 0.25) is 0 Å². The summed E-state index contributed by atoms with van der Waals surface area (Å²) in [6.45, 7) is 0.734. The molecule has 8 heteroatoms. The van der Waals surface area contributed by atoms with Gasteiger partial charge < -0.3 is 9.47 Å². The molecule has 22 heavy (non-hydrogen) atoms. The highest BCUT2D eigenvalue weighted by atomic mass is 35.5. The van der Waals surface area contributed by atoms with Crippen LogP contribution >= 0.6 is 11.6 Å². The molecule has 1 unspecified atom stereocenters. The molecule has 116 valence electrons. The van der Waals surface area contributed by atoms with E-state index in [0.29, 0.717) is 11.5 Å². The molecule has 1 atom stereocenters. The molecule has 3 rings (SSSR count). The highest BCUT2D eigenvalue weighted by Gasteiger charge is 2.19. The van der Waals surface area contributed by atoms with E-state index in [1.807, 2.05) is 0 Å². The number of hydrogen-bond acceptors (Lipinski definition) is 6. The molecule has 1 saturated heterocycles.